The van der Waals surface area contributed by atoms with Crippen molar-refractivity contribution in [3.8, 4) is 0 Å². The fourth-order valence-electron chi connectivity index (χ4n) is 5.46. The first-order valence-electron chi connectivity index (χ1n) is 18.4. The first kappa shape index (κ1) is 47.8. The van der Waals surface area contributed by atoms with E-state index in [1.807, 2.05) is 30.3 Å². The molecule has 3 heterocycles. The topological polar surface area (TPSA) is 171 Å². The zero-order valence-corrected chi connectivity index (χ0v) is 39.5. The summed E-state index contributed by atoms with van der Waals surface area (Å²) in [5.41, 5.74) is 5.52. The van der Waals surface area contributed by atoms with Gasteiger partial charge in [0.15, 0.2) is 0 Å². The summed E-state index contributed by atoms with van der Waals surface area (Å²) < 4.78 is 102. The molecule has 0 aliphatic carbocycles. The summed E-state index contributed by atoms with van der Waals surface area (Å²) in [4.78, 5) is 8.98. The maximum atomic E-state index is 12.6. The van der Waals surface area contributed by atoms with Crippen molar-refractivity contribution in [2.45, 2.75) is 53.4 Å². The molecule has 19 heteroatoms. The van der Waals surface area contributed by atoms with E-state index in [0.29, 0.717) is 0 Å². The van der Waals surface area contributed by atoms with Crippen molar-refractivity contribution in [1.29, 1.82) is 0 Å². The van der Waals surface area contributed by atoms with E-state index in [1.54, 1.807) is 54.2 Å². The van der Waals surface area contributed by atoms with Crippen LogP contribution in [0.3, 0.4) is 0 Å². The van der Waals surface area contributed by atoms with Gasteiger partial charge in [-0.05, 0) is 121 Å². The van der Waals surface area contributed by atoms with Crippen molar-refractivity contribution >= 4 is 95.1 Å². The molecule has 324 valence electrons. The van der Waals surface area contributed by atoms with Gasteiger partial charge in [0.05, 0.1) is 46.7 Å². The first-order valence-corrected chi connectivity index (χ1v) is 27.6. The maximum absolute atomic E-state index is 12.6. The molecular formula is C45H33N3O8S8. The number of nitrogens with zero attached hydrogens (tertiary/aromatic N) is 2. The highest BCUT2D eigenvalue weighted by Crippen LogP contribution is 2.37. The lowest BCUT2D eigenvalue weighted by atomic mass is 10.4. The van der Waals surface area contributed by atoms with E-state index < -0.39 is 39.3 Å². The highest BCUT2D eigenvalue weighted by atomic mass is 32.2. The monoisotopic (exact) mass is 999 g/mol. The predicted octanol–water partition coefficient (Wildman–Crippen LogP) is 11.3. The van der Waals surface area contributed by atoms with Crippen molar-refractivity contribution in [1.82, 2.24) is 0 Å². The summed E-state index contributed by atoms with van der Waals surface area (Å²) in [6, 6.07) is 46.3. The number of thiophene rings is 3. The van der Waals surface area contributed by atoms with Crippen LogP contribution in [0.25, 0.3) is 9.69 Å². The molecular weight excluding hydrogens is 967 g/mol. The van der Waals surface area contributed by atoms with Crippen LogP contribution in [0, 0.1) is 13.1 Å². The number of nitrogens with two attached hydrogens (primary N) is 1. The Hall–Kier alpha value is -5.71. The van der Waals surface area contributed by atoms with Crippen LogP contribution in [-0.2, 0) is 45.9 Å². The molecule has 11 nitrogen and oxygen atoms in total. The van der Waals surface area contributed by atoms with Crippen LogP contribution in [0.15, 0.2) is 223 Å². The van der Waals surface area contributed by atoms with Gasteiger partial charge in [0, 0.05) is 16.3 Å². The van der Waals surface area contributed by atoms with Gasteiger partial charge >= 0.3 is 0 Å². The number of benzene rings is 5. The summed E-state index contributed by atoms with van der Waals surface area (Å²) in [7, 11) is -14.8. The van der Waals surface area contributed by atoms with Gasteiger partial charge < -0.3 is 5.73 Å². The molecule has 64 heavy (non-hydrogen) atoms. The van der Waals surface area contributed by atoms with Gasteiger partial charge in [-0.2, -0.15) is 0 Å². The van der Waals surface area contributed by atoms with Gasteiger partial charge in [-0.3, -0.25) is 0 Å². The summed E-state index contributed by atoms with van der Waals surface area (Å²) in [6.45, 7) is 14.1. The molecule has 0 radical (unpaired) electrons. The SMILES string of the molecule is NCc1ccc(S(=O)(=O)c2ccc(S(=O)(=O)c3ccccc3)cc2)s1.[C-]#[N+]c1ccc(S(=O)(=O)c2ccc(S(=O)(=O)c3ccccc3)cc2)s1.[C-]#[N+]c1ccc(Sc2ccccc2)s1. The Morgan fingerprint density at radius 3 is 1.16 bits per heavy atom. The van der Waals surface area contributed by atoms with Crippen molar-refractivity contribution in [2.24, 2.45) is 5.73 Å². The lowest BCUT2D eigenvalue weighted by Crippen LogP contribution is -2.04. The lowest BCUT2D eigenvalue weighted by molar-refractivity contribution is 0.593. The molecule has 0 bridgehead atoms. The minimum Gasteiger partial charge on any atom is -0.326 e. The molecule has 0 unspecified atom stereocenters. The smallest absolute Gasteiger partial charge is 0.242 e. The molecule has 3 aromatic heterocycles. The van der Waals surface area contributed by atoms with E-state index in [-0.39, 0.29) is 49.3 Å². The van der Waals surface area contributed by atoms with Crippen LogP contribution < -0.4 is 5.73 Å². The molecule has 8 aromatic rings. The van der Waals surface area contributed by atoms with E-state index in [9.17, 15) is 33.7 Å². The Morgan fingerprint density at radius 1 is 0.406 bits per heavy atom. The second-order valence-electron chi connectivity index (χ2n) is 12.8. The van der Waals surface area contributed by atoms with Crippen LogP contribution >= 0.6 is 45.8 Å². The molecule has 0 aliphatic heterocycles. The van der Waals surface area contributed by atoms with E-state index in [4.69, 9.17) is 18.9 Å². The van der Waals surface area contributed by atoms with E-state index in [0.717, 1.165) is 32.6 Å². The van der Waals surface area contributed by atoms with Gasteiger partial charge in [-0.15, -0.1) is 34.0 Å². The standard InChI is InChI=1S/C17H11NO4S3.C17H15NO4S3.C11H7NS2/c1-18-16-11-12-17(23-16)25(21,22)15-9-7-14(8-10-15)24(19,20)13-5-3-2-4-6-13;18-12-13-6-11-17(23-13)25(21,22)16-9-7-15(8-10-16)24(19,20)14-4-2-1-3-5-14;1-12-10-7-8-11(14-10)13-9-5-3-2-4-6-9/h2-12H;1-11H,12,18H2;2-8H. The molecule has 0 fully saturated rings. The summed E-state index contributed by atoms with van der Waals surface area (Å²) >= 11 is 5.23. The molecule has 0 amide bonds. The molecule has 5 aromatic carbocycles. The Bertz CT molecular complexity index is 3400. The van der Waals surface area contributed by atoms with E-state index in [2.05, 4.69) is 21.8 Å². The van der Waals surface area contributed by atoms with Crippen LogP contribution in [0.1, 0.15) is 4.88 Å². The molecule has 0 saturated heterocycles. The van der Waals surface area contributed by atoms with Crippen LogP contribution in [0.4, 0.5) is 10.0 Å². The third kappa shape index (κ3) is 11.3. The Labute approximate surface area is 388 Å². The van der Waals surface area contributed by atoms with Crippen LogP contribution in [0.2, 0.25) is 0 Å². The predicted molar refractivity (Wildman–Crippen MR) is 252 cm³/mol. The molecule has 0 aliphatic rings. The minimum absolute atomic E-state index is 0.0158. The number of hydrogen-bond donors (Lipinski definition) is 1. The first-order chi connectivity index (χ1) is 30.6. The molecule has 0 saturated carbocycles. The highest BCUT2D eigenvalue weighted by molar-refractivity contribution is 8.01. The van der Waals surface area contributed by atoms with Crippen molar-refractivity contribution in [3.63, 3.8) is 0 Å². The van der Waals surface area contributed by atoms with Crippen molar-refractivity contribution in [2.75, 3.05) is 0 Å². The second-order valence-corrected chi connectivity index (χ2v) is 25.8. The van der Waals surface area contributed by atoms with Crippen molar-refractivity contribution < 1.29 is 33.7 Å². The Balaban J connectivity index is 0.000000166. The Morgan fingerprint density at radius 2 is 0.766 bits per heavy atom. The normalized spacial score (nSPS) is 11.5. The van der Waals surface area contributed by atoms with Crippen LogP contribution in [0.5, 0.6) is 0 Å². The van der Waals surface area contributed by atoms with Gasteiger partial charge in [0.25, 0.3) is 0 Å². The third-order valence-corrected chi connectivity index (χ3v) is 21.0. The molecule has 0 spiro atoms. The molecule has 2 N–H and O–H groups in total. The van der Waals surface area contributed by atoms with Crippen molar-refractivity contribution in [3.05, 3.63) is 204 Å². The minimum atomic E-state index is -3.77. The lowest BCUT2D eigenvalue weighted by Gasteiger charge is -2.06. The fourth-order valence-corrected chi connectivity index (χ4v) is 15.0. The quantitative estimate of drug-likeness (QED) is 0.123. The Kier molecular flexibility index (Phi) is 15.6. The average molecular weight is 1000 g/mol. The number of rotatable bonds is 11. The van der Waals surface area contributed by atoms with Gasteiger partial charge in [0.1, 0.15) is 8.42 Å². The van der Waals surface area contributed by atoms with Gasteiger partial charge in [-0.1, -0.05) is 66.4 Å². The number of hydrogen-bond acceptors (Lipinski definition) is 13. The summed E-state index contributed by atoms with van der Waals surface area (Å²) in [6.07, 6.45) is 0. The van der Waals surface area contributed by atoms with Crippen LogP contribution in [-0.4, -0.2) is 33.7 Å². The highest BCUT2D eigenvalue weighted by Gasteiger charge is 2.24. The van der Waals surface area contributed by atoms with Gasteiger partial charge in [-0.25, -0.2) is 43.4 Å². The summed E-state index contributed by atoms with van der Waals surface area (Å²) in [5, 5.41) is 1.03. The van der Waals surface area contributed by atoms with E-state index >= 15 is 0 Å². The number of sulfone groups is 4. The third-order valence-electron chi connectivity index (χ3n) is 8.68. The molecule has 8 rings (SSSR count). The average Bonchev–Trinajstić information content (AvgIpc) is 4.13. The largest absolute Gasteiger partial charge is 0.326 e. The fraction of sp³-hybridized carbons (Fsp3) is 0.0222. The van der Waals surface area contributed by atoms with E-state index in [1.165, 1.54) is 111 Å². The zero-order chi connectivity index (χ0) is 46.0. The summed E-state index contributed by atoms with van der Waals surface area (Å²) in [5.74, 6) is 0. The second kappa shape index (κ2) is 20.9. The molecule has 0 atom stereocenters. The zero-order valence-electron chi connectivity index (χ0n) is 33.0. The maximum Gasteiger partial charge on any atom is 0.242 e. The van der Waals surface area contributed by atoms with Gasteiger partial charge in [0.2, 0.25) is 49.4 Å².